The van der Waals surface area contributed by atoms with Gasteiger partial charge in [-0.05, 0) is 70.7 Å². The van der Waals surface area contributed by atoms with E-state index in [2.05, 4.69) is 16.8 Å². The fourth-order valence-electron chi connectivity index (χ4n) is 2.14. The van der Waals surface area contributed by atoms with Crippen molar-refractivity contribution in [3.05, 3.63) is 46.6 Å². The lowest BCUT2D eigenvalue weighted by Crippen LogP contribution is -2.38. The number of hydrogen-bond donors (Lipinski definition) is 0. The lowest BCUT2D eigenvalue weighted by Gasteiger charge is -2.27. The Kier molecular flexibility index (Phi) is 9.11. The Morgan fingerprint density at radius 3 is 2.63 bits per heavy atom. The Bertz CT molecular complexity index is 764. The van der Waals surface area contributed by atoms with E-state index in [9.17, 15) is 4.79 Å². The van der Waals surface area contributed by atoms with E-state index in [1.807, 2.05) is 65.8 Å². The molecule has 0 unspecified atom stereocenters. The monoisotopic (exact) mass is 388 g/mol. The summed E-state index contributed by atoms with van der Waals surface area (Å²) < 4.78 is 5.47. The van der Waals surface area contributed by atoms with Crippen LogP contribution in [0.5, 0.6) is 0 Å². The maximum absolute atomic E-state index is 12.3. The second-order valence-electron chi connectivity index (χ2n) is 7.35. The number of hydrogen-bond acceptors (Lipinski definition) is 3. The van der Waals surface area contributed by atoms with Crippen LogP contribution in [0.2, 0.25) is 5.02 Å². The molecule has 1 amide bonds. The van der Waals surface area contributed by atoms with Crippen molar-refractivity contribution < 1.29 is 9.53 Å². The van der Waals surface area contributed by atoms with E-state index in [1.54, 1.807) is 11.1 Å². The molecule has 4 nitrogen and oxygen atoms in total. The van der Waals surface area contributed by atoms with E-state index >= 15 is 0 Å². The van der Waals surface area contributed by atoms with Crippen LogP contribution in [0.3, 0.4) is 0 Å². The molecule has 0 saturated heterocycles. The first-order valence-corrected chi connectivity index (χ1v) is 9.44. The van der Waals surface area contributed by atoms with Crippen LogP contribution in [-0.4, -0.2) is 35.4 Å². The Balaban J connectivity index is 2.78. The number of amides is 1. The summed E-state index contributed by atoms with van der Waals surface area (Å²) in [5.41, 5.74) is 1.98. The van der Waals surface area contributed by atoms with Crippen molar-refractivity contribution in [2.24, 2.45) is 4.99 Å². The predicted molar refractivity (Wildman–Crippen MR) is 113 cm³/mol. The topological polar surface area (TPSA) is 41.9 Å². The van der Waals surface area contributed by atoms with Gasteiger partial charge < -0.3 is 9.64 Å². The van der Waals surface area contributed by atoms with Crippen molar-refractivity contribution >= 4 is 23.4 Å². The lowest BCUT2D eigenvalue weighted by atomic mass is 10.2. The van der Waals surface area contributed by atoms with Crippen LogP contribution in [0.4, 0.5) is 4.79 Å². The molecule has 27 heavy (non-hydrogen) atoms. The molecule has 0 radical (unpaired) electrons. The summed E-state index contributed by atoms with van der Waals surface area (Å²) in [5.74, 6) is 6.04. The molecule has 0 aliphatic heterocycles. The van der Waals surface area contributed by atoms with Crippen LogP contribution < -0.4 is 0 Å². The summed E-state index contributed by atoms with van der Waals surface area (Å²) in [4.78, 5) is 18.4. The standard InChI is InChI=1S/C22H29ClN2O2/c1-7-13-25(21(26)27-22(4,5)6)16-17(2)15-24-18(3)11-12-19-9-8-10-20(23)14-19/h8-10,14-15H,7,13,16H2,1-6H3/b17-15+,24-18?. The van der Waals surface area contributed by atoms with E-state index in [0.29, 0.717) is 23.8 Å². The molecule has 1 aromatic rings. The molecular formula is C22H29ClN2O2. The third-order valence-electron chi connectivity index (χ3n) is 3.28. The molecule has 0 bridgehead atoms. The number of benzene rings is 1. The van der Waals surface area contributed by atoms with Gasteiger partial charge in [0.05, 0.1) is 5.71 Å². The van der Waals surface area contributed by atoms with Crippen molar-refractivity contribution in [3.63, 3.8) is 0 Å². The number of carbonyl (C=O) groups excluding carboxylic acids is 1. The van der Waals surface area contributed by atoms with Gasteiger partial charge in [-0.2, -0.15) is 0 Å². The lowest BCUT2D eigenvalue weighted by molar-refractivity contribution is 0.0267. The third-order valence-corrected chi connectivity index (χ3v) is 3.51. The van der Waals surface area contributed by atoms with Gasteiger partial charge in [-0.3, -0.25) is 4.99 Å². The minimum Gasteiger partial charge on any atom is -0.444 e. The molecule has 0 saturated carbocycles. The van der Waals surface area contributed by atoms with E-state index in [1.165, 1.54) is 0 Å². The number of carbonyl (C=O) groups is 1. The van der Waals surface area contributed by atoms with E-state index < -0.39 is 5.60 Å². The van der Waals surface area contributed by atoms with Crippen LogP contribution in [0.15, 0.2) is 41.0 Å². The smallest absolute Gasteiger partial charge is 0.410 e. The largest absolute Gasteiger partial charge is 0.444 e. The maximum atomic E-state index is 12.3. The predicted octanol–water partition coefficient (Wildman–Crippen LogP) is 5.70. The minimum absolute atomic E-state index is 0.307. The number of rotatable bonds is 5. The molecule has 1 rings (SSSR count). The normalized spacial score (nSPS) is 12.3. The maximum Gasteiger partial charge on any atom is 0.410 e. The molecule has 0 aliphatic carbocycles. The van der Waals surface area contributed by atoms with Crippen molar-refractivity contribution in [2.45, 2.75) is 53.6 Å². The summed E-state index contributed by atoms with van der Waals surface area (Å²) in [6.07, 6.45) is 2.30. The minimum atomic E-state index is -0.509. The van der Waals surface area contributed by atoms with Crippen LogP contribution in [0.25, 0.3) is 0 Å². The quantitative estimate of drug-likeness (QED) is 0.479. The second kappa shape index (κ2) is 10.8. The van der Waals surface area contributed by atoms with Crippen molar-refractivity contribution in [3.8, 4) is 11.8 Å². The molecule has 0 aliphatic rings. The van der Waals surface area contributed by atoms with Crippen molar-refractivity contribution in [2.75, 3.05) is 13.1 Å². The first-order valence-electron chi connectivity index (χ1n) is 9.06. The summed E-state index contributed by atoms with van der Waals surface area (Å²) >= 11 is 5.95. The number of nitrogens with zero attached hydrogens (tertiary/aromatic N) is 2. The highest BCUT2D eigenvalue weighted by atomic mass is 35.5. The Hall–Kier alpha value is -2.25. The van der Waals surface area contributed by atoms with Crippen molar-refractivity contribution in [1.29, 1.82) is 0 Å². The Morgan fingerprint density at radius 1 is 1.33 bits per heavy atom. The first kappa shape index (κ1) is 22.8. The number of halogens is 1. The molecule has 0 N–H and O–H groups in total. The molecule has 1 aromatic carbocycles. The zero-order valence-corrected chi connectivity index (χ0v) is 17.9. The fraction of sp³-hybridized carbons (Fsp3) is 0.455. The molecule has 0 heterocycles. The van der Waals surface area contributed by atoms with E-state index in [-0.39, 0.29) is 6.09 Å². The van der Waals surface area contributed by atoms with E-state index in [4.69, 9.17) is 16.3 Å². The third kappa shape index (κ3) is 9.86. The summed E-state index contributed by atoms with van der Waals surface area (Å²) in [5, 5.41) is 0.658. The Morgan fingerprint density at radius 2 is 2.04 bits per heavy atom. The van der Waals surface area contributed by atoms with Crippen LogP contribution in [-0.2, 0) is 4.74 Å². The molecule has 0 atom stereocenters. The molecule has 146 valence electrons. The Labute approximate surface area is 168 Å². The zero-order chi connectivity index (χ0) is 20.4. The molecule has 0 aromatic heterocycles. The first-order chi connectivity index (χ1) is 12.6. The van der Waals surface area contributed by atoms with Gasteiger partial charge in [-0.1, -0.05) is 30.5 Å². The highest BCUT2D eigenvalue weighted by Crippen LogP contribution is 2.12. The molecule has 5 heteroatoms. The summed E-state index contributed by atoms with van der Waals surface area (Å²) in [6, 6.07) is 7.39. The second-order valence-corrected chi connectivity index (χ2v) is 7.79. The van der Waals surface area contributed by atoms with E-state index in [0.717, 1.165) is 17.6 Å². The van der Waals surface area contributed by atoms with Gasteiger partial charge >= 0.3 is 6.09 Å². The summed E-state index contributed by atoms with van der Waals surface area (Å²) in [6.45, 7) is 12.5. The molecule has 0 spiro atoms. The van der Waals surface area contributed by atoms with Gasteiger partial charge in [-0.15, -0.1) is 0 Å². The van der Waals surface area contributed by atoms with Gasteiger partial charge in [0, 0.05) is 29.9 Å². The van der Waals surface area contributed by atoms with Gasteiger partial charge in [0.15, 0.2) is 0 Å². The number of aliphatic imine (C=N–C) groups is 1. The fourth-order valence-corrected chi connectivity index (χ4v) is 2.33. The average molecular weight is 389 g/mol. The summed E-state index contributed by atoms with van der Waals surface area (Å²) in [7, 11) is 0. The van der Waals surface area contributed by atoms with Gasteiger partial charge in [0.25, 0.3) is 0 Å². The average Bonchev–Trinajstić information content (AvgIpc) is 2.56. The zero-order valence-electron chi connectivity index (χ0n) is 17.1. The van der Waals surface area contributed by atoms with Gasteiger partial charge in [-0.25, -0.2) is 4.79 Å². The number of ether oxygens (including phenoxy) is 1. The van der Waals surface area contributed by atoms with Crippen LogP contribution in [0.1, 0.15) is 53.5 Å². The van der Waals surface area contributed by atoms with Gasteiger partial charge in [0.2, 0.25) is 0 Å². The molecular weight excluding hydrogens is 360 g/mol. The van der Waals surface area contributed by atoms with Crippen LogP contribution in [0, 0.1) is 11.8 Å². The van der Waals surface area contributed by atoms with Crippen molar-refractivity contribution in [1.82, 2.24) is 4.90 Å². The van der Waals surface area contributed by atoms with Crippen LogP contribution >= 0.6 is 11.6 Å². The SMILES string of the molecule is CCCN(C/C(C)=C/N=C(C)C#Cc1cccc(Cl)c1)C(=O)OC(C)(C)C. The highest BCUT2D eigenvalue weighted by molar-refractivity contribution is 6.30. The van der Waals surface area contributed by atoms with Gasteiger partial charge in [0.1, 0.15) is 5.60 Å². The highest BCUT2D eigenvalue weighted by Gasteiger charge is 2.21. The molecule has 0 fully saturated rings.